The summed E-state index contributed by atoms with van der Waals surface area (Å²) in [5, 5.41) is 2.76. The summed E-state index contributed by atoms with van der Waals surface area (Å²) in [6.07, 6.45) is 3.74. The van der Waals surface area contributed by atoms with Crippen LogP contribution in [-0.4, -0.2) is 74.1 Å². The van der Waals surface area contributed by atoms with E-state index in [0.717, 1.165) is 12.8 Å². The number of anilines is 1. The minimum absolute atomic E-state index is 0.0298. The van der Waals surface area contributed by atoms with E-state index in [-0.39, 0.29) is 40.7 Å². The van der Waals surface area contributed by atoms with Crippen molar-refractivity contribution in [3.8, 4) is 0 Å². The Morgan fingerprint density at radius 2 is 1.78 bits per heavy atom. The van der Waals surface area contributed by atoms with Crippen LogP contribution < -0.4 is 15.8 Å². The molecule has 1 saturated carbocycles. The SMILES string of the molecule is NC(=O)C1CCCN(C(=O)CN2CCC[C@H](NS(=O)(=O)c3ccc(NC(=O)C4CC4)c(Cl)c3)C2=O)C1. The summed E-state index contributed by atoms with van der Waals surface area (Å²) in [6.45, 7) is 0.851. The number of amides is 4. The Morgan fingerprint density at radius 3 is 2.44 bits per heavy atom. The lowest BCUT2D eigenvalue weighted by Gasteiger charge is -2.36. The summed E-state index contributed by atoms with van der Waals surface area (Å²) in [6, 6.07) is 2.94. The number of sulfonamides is 1. The summed E-state index contributed by atoms with van der Waals surface area (Å²) in [7, 11) is -4.10. The number of nitrogens with two attached hydrogens (primary N) is 1. The topological polar surface area (TPSA) is 159 Å². The number of primary amides is 1. The number of halogens is 1. The molecule has 1 aromatic rings. The molecule has 13 heteroatoms. The molecule has 1 unspecified atom stereocenters. The Morgan fingerprint density at radius 1 is 1.06 bits per heavy atom. The first-order valence-corrected chi connectivity index (χ1v) is 13.9. The third-order valence-corrected chi connectivity index (χ3v) is 8.57. The molecule has 4 N–H and O–H groups in total. The van der Waals surface area contributed by atoms with E-state index in [9.17, 15) is 27.6 Å². The van der Waals surface area contributed by atoms with Gasteiger partial charge in [0.05, 0.1) is 28.1 Å². The highest BCUT2D eigenvalue weighted by atomic mass is 35.5. The molecule has 0 aromatic heterocycles. The van der Waals surface area contributed by atoms with Crippen LogP contribution in [0.4, 0.5) is 5.69 Å². The molecular formula is C23H30ClN5O6S. The van der Waals surface area contributed by atoms with Gasteiger partial charge in [-0.25, -0.2) is 8.42 Å². The summed E-state index contributed by atoms with van der Waals surface area (Å²) in [4.78, 5) is 52.0. The van der Waals surface area contributed by atoms with Gasteiger partial charge in [0.2, 0.25) is 33.7 Å². The molecule has 11 nitrogen and oxygen atoms in total. The average molecular weight is 540 g/mol. The number of carbonyl (C=O) groups excluding carboxylic acids is 4. The molecule has 2 saturated heterocycles. The van der Waals surface area contributed by atoms with Gasteiger partial charge in [0.25, 0.3) is 0 Å². The molecule has 2 aliphatic heterocycles. The predicted octanol–water partition coefficient (Wildman–Crippen LogP) is 0.682. The van der Waals surface area contributed by atoms with Crippen molar-refractivity contribution in [2.75, 3.05) is 31.5 Å². The van der Waals surface area contributed by atoms with Gasteiger partial charge < -0.3 is 20.9 Å². The van der Waals surface area contributed by atoms with Crippen LogP contribution in [0, 0.1) is 11.8 Å². The number of piperidine rings is 2. The van der Waals surface area contributed by atoms with Crippen molar-refractivity contribution in [2.24, 2.45) is 17.6 Å². The Kier molecular flexibility index (Phi) is 7.86. The Labute approximate surface area is 214 Å². The number of carbonyl (C=O) groups is 4. The maximum absolute atomic E-state index is 13.0. The van der Waals surface area contributed by atoms with Crippen LogP contribution in [0.5, 0.6) is 0 Å². The van der Waals surface area contributed by atoms with E-state index in [0.29, 0.717) is 44.5 Å². The number of nitrogens with one attached hydrogen (secondary N) is 2. The van der Waals surface area contributed by atoms with Crippen LogP contribution in [0.1, 0.15) is 38.5 Å². The third kappa shape index (κ3) is 6.16. The first kappa shape index (κ1) is 26.4. The summed E-state index contributed by atoms with van der Waals surface area (Å²) < 4.78 is 28.4. The molecule has 0 spiro atoms. The number of rotatable bonds is 8. The minimum atomic E-state index is -4.10. The van der Waals surface area contributed by atoms with Gasteiger partial charge in [-0.15, -0.1) is 0 Å². The molecule has 0 radical (unpaired) electrons. The zero-order valence-corrected chi connectivity index (χ0v) is 21.3. The normalized spacial score (nSPS) is 22.9. The highest BCUT2D eigenvalue weighted by Gasteiger charge is 2.35. The van der Waals surface area contributed by atoms with Gasteiger partial charge in [-0.2, -0.15) is 4.72 Å². The number of likely N-dealkylation sites (tertiary alicyclic amines) is 2. The number of hydrogen-bond acceptors (Lipinski definition) is 6. The van der Waals surface area contributed by atoms with Gasteiger partial charge >= 0.3 is 0 Å². The highest BCUT2D eigenvalue weighted by molar-refractivity contribution is 7.89. The fourth-order valence-corrected chi connectivity index (χ4v) is 6.05. The highest BCUT2D eigenvalue weighted by Crippen LogP contribution is 2.32. The van der Waals surface area contributed by atoms with Gasteiger partial charge in [0.1, 0.15) is 6.04 Å². The molecule has 36 heavy (non-hydrogen) atoms. The smallest absolute Gasteiger partial charge is 0.242 e. The molecule has 3 fully saturated rings. The Balaban J connectivity index is 1.38. The van der Waals surface area contributed by atoms with E-state index in [1.807, 2.05) is 0 Å². The lowest BCUT2D eigenvalue weighted by Crippen LogP contribution is -2.55. The maximum Gasteiger partial charge on any atom is 0.242 e. The van der Waals surface area contributed by atoms with Crippen LogP contribution in [-0.2, 0) is 29.2 Å². The van der Waals surface area contributed by atoms with Crippen LogP contribution >= 0.6 is 11.6 Å². The Bertz CT molecular complexity index is 1170. The lowest BCUT2D eigenvalue weighted by atomic mass is 9.97. The van der Waals surface area contributed by atoms with Crippen LogP contribution in [0.2, 0.25) is 5.02 Å². The maximum atomic E-state index is 13.0. The van der Waals surface area contributed by atoms with Crippen molar-refractivity contribution >= 4 is 50.9 Å². The molecule has 3 aliphatic rings. The second-order valence-corrected chi connectivity index (χ2v) is 11.7. The van der Waals surface area contributed by atoms with Crippen LogP contribution in [0.15, 0.2) is 23.1 Å². The van der Waals surface area contributed by atoms with Crippen molar-refractivity contribution in [2.45, 2.75) is 49.5 Å². The van der Waals surface area contributed by atoms with Gasteiger partial charge in [-0.05, 0) is 56.7 Å². The van der Waals surface area contributed by atoms with Gasteiger partial charge in [-0.3, -0.25) is 19.2 Å². The average Bonchev–Trinajstić information content (AvgIpc) is 3.68. The first-order valence-electron chi connectivity index (χ1n) is 12.0. The van der Waals surface area contributed by atoms with E-state index >= 15 is 0 Å². The summed E-state index contributed by atoms with van der Waals surface area (Å²) >= 11 is 6.21. The van der Waals surface area contributed by atoms with Gasteiger partial charge in [-0.1, -0.05) is 11.6 Å². The summed E-state index contributed by atoms with van der Waals surface area (Å²) in [5.41, 5.74) is 5.70. The molecule has 4 amide bonds. The van der Waals surface area contributed by atoms with E-state index < -0.39 is 33.8 Å². The van der Waals surface area contributed by atoms with Gasteiger partial charge in [0.15, 0.2) is 0 Å². The Hall–Kier alpha value is -2.70. The molecule has 1 aliphatic carbocycles. The quantitative estimate of drug-likeness (QED) is 0.440. The predicted molar refractivity (Wildman–Crippen MR) is 131 cm³/mol. The van der Waals surface area contributed by atoms with Crippen molar-refractivity contribution in [3.63, 3.8) is 0 Å². The third-order valence-electron chi connectivity index (χ3n) is 6.79. The zero-order chi connectivity index (χ0) is 26.0. The van der Waals surface area contributed by atoms with Crippen molar-refractivity contribution in [1.82, 2.24) is 14.5 Å². The number of hydrogen-bond donors (Lipinski definition) is 3. The molecular weight excluding hydrogens is 510 g/mol. The molecule has 1 aromatic carbocycles. The van der Waals surface area contributed by atoms with Crippen molar-refractivity contribution in [1.29, 1.82) is 0 Å². The van der Waals surface area contributed by atoms with Gasteiger partial charge in [0, 0.05) is 25.6 Å². The fourth-order valence-electron chi connectivity index (χ4n) is 4.51. The van der Waals surface area contributed by atoms with E-state index in [1.54, 1.807) is 0 Å². The standard InChI is InChI=1S/C23H30ClN5O6S/c24-17-11-16(7-8-18(17)26-22(32)14-5-6-14)36(34,35)27-19-4-2-10-29(23(19)33)13-20(30)28-9-1-3-15(12-28)21(25)31/h7-8,11,14-15,19,27H,1-6,9-10,12-13H2,(H2,25,31)(H,26,32)/t15?,19-/m0/s1. The van der Waals surface area contributed by atoms with Crippen LogP contribution in [0.3, 0.4) is 0 Å². The molecule has 2 atom stereocenters. The second kappa shape index (κ2) is 10.7. The molecule has 4 rings (SSSR count). The minimum Gasteiger partial charge on any atom is -0.369 e. The second-order valence-electron chi connectivity index (χ2n) is 9.56. The first-order chi connectivity index (χ1) is 17.0. The molecule has 0 bridgehead atoms. The number of benzene rings is 1. The molecule has 2 heterocycles. The summed E-state index contributed by atoms with van der Waals surface area (Å²) in [5.74, 6) is -1.82. The van der Waals surface area contributed by atoms with E-state index in [4.69, 9.17) is 17.3 Å². The number of nitrogens with zero attached hydrogens (tertiary/aromatic N) is 2. The van der Waals surface area contributed by atoms with Crippen molar-refractivity contribution in [3.05, 3.63) is 23.2 Å². The fraction of sp³-hybridized carbons (Fsp3) is 0.565. The van der Waals surface area contributed by atoms with Crippen LogP contribution in [0.25, 0.3) is 0 Å². The van der Waals surface area contributed by atoms with E-state index in [2.05, 4.69) is 10.0 Å². The monoisotopic (exact) mass is 539 g/mol. The largest absolute Gasteiger partial charge is 0.369 e. The van der Waals surface area contributed by atoms with E-state index in [1.165, 1.54) is 28.0 Å². The zero-order valence-electron chi connectivity index (χ0n) is 19.7. The lowest BCUT2D eigenvalue weighted by molar-refractivity contribution is -0.144. The molecule has 196 valence electrons. The van der Waals surface area contributed by atoms with Crippen molar-refractivity contribution < 1.29 is 27.6 Å².